The average Bonchev–Trinajstić information content (AvgIpc) is 2.52. The van der Waals surface area contributed by atoms with Gasteiger partial charge in [0.1, 0.15) is 12.6 Å². The van der Waals surface area contributed by atoms with E-state index in [9.17, 15) is 9.59 Å². The molecule has 124 valence electrons. The van der Waals surface area contributed by atoms with E-state index in [2.05, 4.69) is 33.4 Å². The maximum atomic E-state index is 12.2. The molecule has 0 amide bonds. The second-order valence-electron chi connectivity index (χ2n) is 7.31. The second-order valence-corrected chi connectivity index (χ2v) is 7.31. The number of hydrogen-bond donors (Lipinski definition) is 0. The lowest BCUT2D eigenvalue weighted by atomic mass is 9.53. The van der Waals surface area contributed by atoms with E-state index in [0.29, 0.717) is 12.3 Å². The van der Waals surface area contributed by atoms with Gasteiger partial charge in [-0.05, 0) is 50.9 Å². The molecule has 2 atom stereocenters. The summed E-state index contributed by atoms with van der Waals surface area (Å²) in [4.78, 5) is 23.6. The first-order valence-electron chi connectivity index (χ1n) is 8.62. The lowest BCUT2D eigenvalue weighted by molar-refractivity contribution is -0.133. The molecule has 0 bridgehead atoms. The number of allylic oxidation sites excluding steroid dienone is 3. The van der Waals surface area contributed by atoms with Gasteiger partial charge >= 0.3 is 0 Å². The van der Waals surface area contributed by atoms with Crippen LogP contribution in [0.5, 0.6) is 0 Å². The van der Waals surface area contributed by atoms with Gasteiger partial charge in [0, 0.05) is 11.8 Å². The fourth-order valence-corrected chi connectivity index (χ4v) is 4.09. The highest BCUT2D eigenvalue weighted by Gasteiger charge is 2.50. The van der Waals surface area contributed by atoms with Crippen molar-refractivity contribution in [2.45, 2.75) is 72.1 Å². The molecule has 1 fully saturated rings. The zero-order chi connectivity index (χ0) is 16.6. The first kappa shape index (κ1) is 18.9. The number of carbonyl (C=O) groups excluding carboxylic acids is 2. The highest BCUT2D eigenvalue weighted by atomic mass is 16.1. The molecule has 0 saturated heterocycles. The molecule has 2 nitrogen and oxygen atoms in total. The van der Waals surface area contributed by atoms with Crippen molar-refractivity contribution in [3.8, 4) is 0 Å². The third kappa shape index (κ3) is 3.97. The highest BCUT2D eigenvalue weighted by Crippen LogP contribution is 2.53. The zero-order valence-electron chi connectivity index (χ0n) is 14.6. The van der Waals surface area contributed by atoms with Gasteiger partial charge in [0.25, 0.3) is 0 Å². The van der Waals surface area contributed by atoms with Gasteiger partial charge in [0.2, 0.25) is 0 Å². The molecule has 1 aliphatic carbocycles. The Balaban J connectivity index is 3.13. The lowest BCUT2D eigenvalue weighted by Crippen LogP contribution is -2.47. The summed E-state index contributed by atoms with van der Waals surface area (Å²) in [5, 5.41) is 0. The molecule has 2 unspecified atom stereocenters. The Bertz CT molecular complexity index is 413. The molecule has 0 aromatic rings. The summed E-state index contributed by atoms with van der Waals surface area (Å²) in [6, 6.07) is 0. The van der Waals surface area contributed by atoms with Crippen LogP contribution in [-0.4, -0.2) is 12.6 Å². The molecule has 0 aromatic carbocycles. The minimum absolute atomic E-state index is 0.304. The number of hydrogen-bond acceptors (Lipinski definition) is 2. The van der Waals surface area contributed by atoms with Gasteiger partial charge in [-0.2, -0.15) is 0 Å². The van der Waals surface area contributed by atoms with Crippen LogP contribution in [0.4, 0.5) is 0 Å². The lowest BCUT2D eigenvalue weighted by Gasteiger charge is -2.49. The van der Waals surface area contributed by atoms with Gasteiger partial charge < -0.3 is 9.59 Å². The topological polar surface area (TPSA) is 34.1 Å². The van der Waals surface area contributed by atoms with Gasteiger partial charge in [0.05, 0.1) is 0 Å². The van der Waals surface area contributed by atoms with Crippen molar-refractivity contribution in [2.24, 2.45) is 16.7 Å². The molecule has 0 radical (unpaired) electrons. The van der Waals surface area contributed by atoms with Gasteiger partial charge in [-0.25, -0.2) is 0 Å². The molecule has 1 aliphatic rings. The summed E-state index contributed by atoms with van der Waals surface area (Å²) >= 11 is 0. The van der Waals surface area contributed by atoms with E-state index in [-0.39, 0.29) is 5.41 Å². The summed E-state index contributed by atoms with van der Waals surface area (Å²) in [7, 11) is 0. The van der Waals surface area contributed by atoms with Crippen molar-refractivity contribution in [3.05, 3.63) is 24.3 Å². The number of carbonyl (C=O) groups is 2. The maximum absolute atomic E-state index is 12.2. The third-order valence-corrected chi connectivity index (χ3v) is 5.70. The van der Waals surface area contributed by atoms with Crippen molar-refractivity contribution in [1.29, 1.82) is 0 Å². The van der Waals surface area contributed by atoms with E-state index < -0.39 is 5.41 Å². The molecular weight excluding hydrogens is 272 g/mol. The second kappa shape index (κ2) is 8.45. The van der Waals surface area contributed by atoms with Gasteiger partial charge in [-0.3, -0.25) is 0 Å². The van der Waals surface area contributed by atoms with Crippen LogP contribution in [0.3, 0.4) is 0 Å². The van der Waals surface area contributed by atoms with E-state index in [1.165, 1.54) is 24.8 Å². The molecule has 1 saturated carbocycles. The standard InChI is InChI=1S/C20H32O2/c1-5-19(4,13-9-10-17(2)3)20(16-22,14-15-21)18-11-7-6-8-12-18/h5,10,15-16,18H,1,6-9,11-14H2,2-4H3. The first-order valence-corrected chi connectivity index (χ1v) is 8.62. The van der Waals surface area contributed by atoms with Crippen LogP contribution in [0.15, 0.2) is 24.3 Å². The van der Waals surface area contributed by atoms with Crippen LogP contribution < -0.4 is 0 Å². The minimum Gasteiger partial charge on any atom is -0.303 e. The van der Waals surface area contributed by atoms with Gasteiger partial charge in [-0.15, -0.1) is 6.58 Å². The van der Waals surface area contributed by atoms with Crippen LogP contribution in [0.2, 0.25) is 0 Å². The fourth-order valence-electron chi connectivity index (χ4n) is 4.09. The Morgan fingerprint density at radius 1 is 1.18 bits per heavy atom. The average molecular weight is 304 g/mol. The third-order valence-electron chi connectivity index (χ3n) is 5.70. The summed E-state index contributed by atoms with van der Waals surface area (Å²) in [5.41, 5.74) is 0.368. The van der Waals surface area contributed by atoms with Crippen molar-refractivity contribution in [2.75, 3.05) is 0 Å². The first-order chi connectivity index (χ1) is 10.5. The molecule has 22 heavy (non-hydrogen) atoms. The largest absolute Gasteiger partial charge is 0.303 e. The Labute approximate surface area is 136 Å². The summed E-state index contributed by atoms with van der Waals surface area (Å²) < 4.78 is 0. The summed E-state index contributed by atoms with van der Waals surface area (Å²) in [6.07, 6.45) is 14.0. The van der Waals surface area contributed by atoms with Crippen LogP contribution in [0.1, 0.15) is 72.1 Å². The van der Waals surface area contributed by atoms with Crippen molar-refractivity contribution >= 4 is 12.6 Å². The van der Waals surface area contributed by atoms with Crippen LogP contribution >= 0.6 is 0 Å². The SMILES string of the molecule is C=CC(C)(CCC=C(C)C)C(C=O)(CC=O)C1CCCCC1. The molecule has 1 rings (SSSR count). The Hall–Kier alpha value is -1.18. The van der Waals surface area contributed by atoms with Crippen LogP contribution in [0.25, 0.3) is 0 Å². The minimum atomic E-state index is -0.591. The zero-order valence-corrected chi connectivity index (χ0v) is 14.6. The molecule has 2 heteroatoms. The van der Waals surface area contributed by atoms with Crippen LogP contribution in [0, 0.1) is 16.7 Å². The van der Waals surface area contributed by atoms with Gasteiger partial charge in [0.15, 0.2) is 0 Å². The van der Waals surface area contributed by atoms with E-state index in [1.54, 1.807) is 0 Å². The van der Waals surface area contributed by atoms with E-state index in [4.69, 9.17) is 0 Å². The normalized spacial score (nSPS) is 21.2. The molecular formula is C20H32O2. The predicted molar refractivity (Wildman–Crippen MR) is 92.7 cm³/mol. The molecule has 0 N–H and O–H groups in total. The molecule has 0 heterocycles. The molecule has 0 spiro atoms. The quantitative estimate of drug-likeness (QED) is 0.429. The summed E-state index contributed by atoms with van der Waals surface area (Å²) in [6.45, 7) is 10.3. The van der Waals surface area contributed by atoms with Crippen molar-refractivity contribution < 1.29 is 9.59 Å². The number of rotatable bonds is 9. The van der Waals surface area contributed by atoms with Crippen LogP contribution in [-0.2, 0) is 9.59 Å². The Morgan fingerprint density at radius 3 is 2.27 bits per heavy atom. The molecule has 0 aromatic heterocycles. The van der Waals surface area contributed by atoms with Crippen molar-refractivity contribution in [3.63, 3.8) is 0 Å². The fraction of sp³-hybridized carbons (Fsp3) is 0.700. The Kier molecular flexibility index (Phi) is 7.25. The van der Waals surface area contributed by atoms with E-state index in [1.807, 2.05) is 6.08 Å². The van der Waals surface area contributed by atoms with Gasteiger partial charge in [-0.1, -0.05) is 43.9 Å². The maximum Gasteiger partial charge on any atom is 0.127 e. The Morgan fingerprint density at radius 2 is 1.82 bits per heavy atom. The highest BCUT2D eigenvalue weighted by molar-refractivity contribution is 5.69. The monoisotopic (exact) mass is 304 g/mol. The number of aldehydes is 2. The van der Waals surface area contributed by atoms with E-state index >= 15 is 0 Å². The van der Waals surface area contributed by atoms with Crippen molar-refractivity contribution in [1.82, 2.24) is 0 Å². The smallest absolute Gasteiger partial charge is 0.127 e. The van der Waals surface area contributed by atoms with E-state index in [0.717, 1.165) is 38.3 Å². The summed E-state index contributed by atoms with van der Waals surface area (Å²) in [5.74, 6) is 0.304. The molecule has 0 aliphatic heterocycles. The predicted octanol–water partition coefficient (Wildman–Crippen LogP) is 5.28.